The van der Waals surface area contributed by atoms with Crippen molar-refractivity contribution in [2.45, 2.75) is 25.9 Å². The van der Waals surface area contributed by atoms with Crippen LogP contribution in [0.4, 0.5) is 4.39 Å². The molecule has 0 bridgehead atoms. The monoisotopic (exact) mass is 424 g/mol. The fourth-order valence-corrected chi connectivity index (χ4v) is 5.88. The van der Waals surface area contributed by atoms with Gasteiger partial charge < -0.3 is 10.1 Å². The zero-order valence-corrected chi connectivity index (χ0v) is 17.5. The highest BCUT2D eigenvalue weighted by Gasteiger charge is 2.34. The van der Waals surface area contributed by atoms with Gasteiger partial charge >= 0.3 is 0 Å². The molecule has 4 rings (SSSR count). The summed E-state index contributed by atoms with van der Waals surface area (Å²) >= 11 is 0. The molecule has 0 radical (unpaired) electrons. The lowest BCUT2D eigenvalue weighted by Crippen LogP contribution is -2.54. The Labute approximate surface area is 171 Å². The largest absolute Gasteiger partial charge is 0.387 e. The Hall–Kier alpha value is -1.52. The van der Waals surface area contributed by atoms with Gasteiger partial charge in [-0.05, 0) is 37.0 Å². The van der Waals surface area contributed by atoms with Gasteiger partial charge in [0, 0.05) is 68.5 Å². The number of nitrogens with zero attached hydrogens (tertiary/aromatic N) is 3. The number of rotatable bonds is 5. The molecule has 2 fully saturated rings. The number of piperazine rings is 1. The number of H-pyrrole nitrogens is 1. The fourth-order valence-electron chi connectivity index (χ4n) is 4.25. The number of halogens is 1. The molecular weight excluding hydrogens is 395 g/mol. The number of benzene rings is 1. The number of aliphatic hydroxyl groups excluding tert-OH is 1. The van der Waals surface area contributed by atoms with Crippen molar-refractivity contribution in [3.8, 4) is 0 Å². The zero-order valence-electron chi connectivity index (χ0n) is 16.7. The third kappa shape index (κ3) is 4.34. The maximum atomic E-state index is 13.6. The van der Waals surface area contributed by atoms with Crippen LogP contribution in [0, 0.1) is 11.7 Å². The van der Waals surface area contributed by atoms with Crippen LogP contribution in [0.5, 0.6) is 0 Å². The normalized spacial score (nSPS) is 22.3. The van der Waals surface area contributed by atoms with Gasteiger partial charge in [0.2, 0.25) is 0 Å². The minimum Gasteiger partial charge on any atom is -0.387 e. The molecule has 1 atom stereocenters. The Morgan fingerprint density at radius 1 is 1.14 bits per heavy atom. The molecule has 1 aromatic heterocycles. The summed E-state index contributed by atoms with van der Waals surface area (Å²) < 4.78 is 42.5. The second kappa shape index (κ2) is 8.31. The van der Waals surface area contributed by atoms with Gasteiger partial charge in [0.25, 0.3) is 10.2 Å². The first-order valence-electron chi connectivity index (χ1n) is 10.3. The smallest absolute Gasteiger partial charge is 0.282 e. The van der Waals surface area contributed by atoms with E-state index in [0.717, 1.165) is 18.4 Å². The number of nitrogens with one attached hydrogen (secondary N) is 1. The Bertz CT molecular complexity index is 948. The summed E-state index contributed by atoms with van der Waals surface area (Å²) in [5.41, 5.74) is 1.45. The van der Waals surface area contributed by atoms with Gasteiger partial charge in [-0.15, -0.1) is 0 Å². The van der Waals surface area contributed by atoms with Crippen LogP contribution in [0.1, 0.15) is 31.4 Å². The highest BCUT2D eigenvalue weighted by molar-refractivity contribution is 7.86. The number of fused-ring (bicyclic) bond motifs is 1. The predicted octanol–water partition coefficient (Wildman–Crippen LogP) is 1.93. The van der Waals surface area contributed by atoms with Crippen LogP contribution in [-0.2, 0) is 10.2 Å². The van der Waals surface area contributed by atoms with Gasteiger partial charge in [-0.25, -0.2) is 4.39 Å². The summed E-state index contributed by atoms with van der Waals surface area (Å²) in [7, 11) is -3.41. The van der Waals surface area contributed by atoms with Crippen molar-refractivity contribution >= 4 is 21.1 Å². The zero-order chi connectivity index (χ0) is 20.6. The summed E-state index contributed by atoms with van der Waals surface area (Å²) in [6, 6.07) is 4.47. The van der Waals surface area contributed by atoms with E-state index in [1.54, 1.807) is 20.9 Å². The molecule has 9 heteroatoms. The van der Waals surface area contributed by atoms with Crippen molar-refractivity contribution in [2.75, 3.05) is 45.8 Å². The maximum absolute atomic E-state index is 13.6. The summed E-state index contributed by atoms with van der Waals surface area (Å²) in [6.07, 6.45) is 2.78. The van der Waals surface area contributed by atoms with Gasteiger partial charge in [0.1, 0.15) is 5.82 Å². The highest BCUT2D eigenvalue weighted by atomic mass is 32.2. The van der Waals surface area contributed by atoms with E-state index in [1.807, 2.05) is 0 Å². The lowest BCUT2D eigenvalue weighted by Gasteiger charge is -2.38. The van der Waals surface area contributed by atoms with Gasteiger partial charge in [-0.1, -0.05) is 6.92 Å². The van der Waals surface area contributed by atoms with Gasteiger partial charge in [0.05, 0.1) is 6.10 Å². The van der Waals surface area contributed by atoms with Crippen LogP contribution in [-0.4, -0.2) is 77.8 Å². The molecule has 2 N–H and O–H groups in total. The van der Waals surface area contributed by atoms with Crippen LogP contribution in [0.25, 0.3) is 10.9 Å². The number of aromatic amines is 1. The van der Waals surface area contributed by atoms with Crippen molar-refractivity contribution < 1.29 is 17.9 Å². The number of hydrogen-bond donors (Lipinski definition) is 2. The molecule has 2 saturated heterocycles. The van der Waals surface area contributed by atoms with Gasteiger partial charge in [0.15, 0.2) is 0 Å². The molecule has 7 nitrogen and oxygen atoms in total. The van der Waals surface area contributed by atoms with Crippen LogP contribution >= 0.6 is 0 Å². The van der Waals surface area contributed by atoms with Crippen molar-refractivity contribution in [1.82, 2.24) is 18.5 Å². The minimum absolute atomic E-state index is 0.337. The number of hydrogen-bond acceptors (Lipinski definition) is 4. The molecule has 0 aliphatic carbocycles. The van der Waals surface area contributed by atoms with Crippen LogP contribution in [0.2, 0.25) is 0 Å². The summed E-state index contributed by atoms with van der Waals surface area (Å²) in [5.74, 6) is 0.245. The molecule has 0 saturated carbocycles. The highest BCUT2D eigenvalue weighted by Crippen LogP contribution is 2.26. The Kier molecular flexibility index (Phi) is 5.94. The van der Waals surface area contributed by atoms with Crippen LogP contribution in [0.3, 0.4) is 0 Å². The van der Waals surface area contributed by atoms with E-state index in [-0.39, 0.29) is 5.82 Å². The molecule has 2 aromatic rings. The van der Waals surface area contributed by atoms with Gasteiger partial charge in [-0.3, -0.25) is 4.90 Å². The topological polar surface area (TPSA) is 79.9 Å². The average molecular weight is 425 g/mol. The molecule has 0 amide bonds. The first kappa shape index (κ1) is 20.7. The number of aliphatic hydroxyl groups is 1. The molecule has 0 spiro atoms. The average Bonchev–Trinajstić information content (AvgIpc) is 3.12. The molecule has 160 valence electrons. The van der Waals surface area contributed by atoms with Crippen LogP contribution < -0.4 is 0 Å². The lowest BCUT2D eigenvalue weighted by molar-refractivity contribution is 0.0911. The van der Waals surface area contributed by atoms with E-state index in [0.29, 0.717) is 62.7 Å². The molecular formula is C20H29FN4O3S. The third-order valence-electron chi connectivity index (χ3n) is 6.19. The molecule has 1 unspecified atom stereocenters. The Morgan fingerprint density at radius 3 is 2.48 bits per heavy atom. The fraction of sp³-hybridized carbons (Fsp3) is 0.600. The standard InChI is InChI=1S/C20H29FN4O3S/c1-15-4-6-24(7-5-15)29(27,28)25-10-8-23(9-11-25)14-20(26)18-13-22-19-3-2-16(21)12-17(18)19/h2-3,12-13,15,20,22,26H,4-11,14H2,1H3. The SMILES string of the molecule is CC1CCN(S(=O)(=O)N2CCN(CC(O)c3c[nH]c4ccc(F)cc34)CC2)CC1. The van der Waals surface area contributed by atoms with E-state index < -0.39 is 16.3 Å². The molecule has 2 aliphatic heterocycles. The second-order valence-corrected chi connectivity index (χ2v) is 10.2. The summed E-state index contributed by atoms with van der Waals surface area (Å²) in [6.45, 7) is 5.72. The Balaban J connectivity index is 1.35. The van der Waals surface area contributed by atoms with E-state index in [1.165, 1.54) is 12.1 Å². The number of piperidine rings is 1. The van der Waals surface area contributed by atoms with Crippen molar-refractivity contribution in [2.24, 2.45) is 5.92 Å². The number of aromatic nitrogens is 1. The molecule has 3 heterocycles. The first-order valence-corrected chi connectivity index (χ1v) is 11.7. The Morgan fingerprint density at radius 2 is 1.79 bits per heavy atom. The minimum atomic E-state index is -3.41. The van der Waals surface area contributed by atoms with Crippen molar-refractivity contribution in [3.63, 3.8) is 0 Å². The second-order valence-electron chi connectivity index (χ2n) is 8.24. The lowest BCUT2D eigenvalue weighted by atomic mass is 10.0. The third-order valence-corrected chi connectivity index (χ3v) is 8.23. The first-order chi connectivity index (χ1) is 13.8. The maximum Gasteiger partial charge on any atom is 0.282 e. The number of β-amino-alcohol motifs (C(OH)–C–C–N with tert-alkyl or cyclic N) is 1. The van der Waals surface area contributed by atoms with E-state index >= 15 is 0 Å². The van der Waals surface area contributed by atoms with E-state index in [9.17, 15) is 17.9 Å². The molecule has 2 aliphatic rings. The van der Waals surface area contributed by atoms with Crippen LogP contribution in [0.15, 0.2) is 24.4 Å². The summed E-state index contributed by atoms with van der Waals surface area (Å²) in [5, 5.41) is 11.4. The summed E-state index contributed by atoms with van der Waals surface area (Å²) in [4.78, 5) is 5.12. The van der Waals surface area contributed by atoms with Gasteiger partial charge in [-0.2, -0.15) is 17.0 Å². The predicted molar refractivity (Wildman–Crippen MR) is 110 cm³/mol. The molecule has 1 aromatic carbocycles. The van der Waals surface area contributed by atoms with Crippen molar-refractivity contribution in [3.05, 3.63) is 35.8 Å². The van der Waals surface area contributed by atoms with E-state index in [4.69, 9.17) is 0 Å². The van der Waals surface area contributed by atoms with Crippen molar-refractivity contribution in [1.29, 1.82) is 0 Å². The molecule has 29 heavy (non-hydrogen) atoms. The quantitative estimate of drug-likeness (QED) is 0.769. The van der Waals surface area contributed by atoms with E-state index in [2.05, 4.69) is 16.8 Å².